The fourth-order valence-electron chi connectivity index (χ4n) is 2.34. The van der Waals surface area contributed by atoms with Gasteiger partial charge in [0.1, 0.15) is 5.69 Å². The summed E-state index contributed by atoms with van der Waals surface area (Å²) in [6.45, 7) is 3.36. The Bertz CT molecular complexity index is 862. The molecule has 0 radical (unpaired) electrons. The smallest absolute Gasteiger partial charge is 0.339 e. The number of nitro benzene ring substituents is 1. The zero-order valence-corrected chi connectivity index (χ0v) is 15.6. The van der Waals surface area contributed by atoms with Crippen LogP contribution in [0, 0.1) is 17.0 Å². The molecular formula is C19H21N3O5. The molecule has 0 fully saturated rings. The van der Waals surface area contributed by atoms with Gasteiger partial charge in [-0.3, -0.25) is 14.9 Å². The van der Waals surface area contributed by atoms with Crippen LogP contribution in [-0.4, -0.2) is 37.0 Å². The second-order valence-corrected chi connectivity index (χ2v) is 6.26. The Morgan fingerprint density at radius 1 is 1.15 bits per heavy atom. The first-order valence-electron chi connectivity index (χ1n) is 8.23. The van der Waals surface area contributed by atoms with Crippen LogP contribution in [0.5, 0.6) is 0 Å². The fourth-order valence-corrected chi connectivity index (χ4v) is 2.34. The molecule has 2 aromatic carbocycles. The maximum atomic E-state index is 12.3. The molecule has 8 nitrogen and oxygen atoms in total. The summed E-state index contributed by atoms with van der Waals surface area (Å²) in [6, 6.07) is 11.2. The second-order valence-electron chi connectivity index (χ2n) is 6.26. The van der Waals surface area contributed by atoms with Crippen molar-refractivity contribution in [2.45, 2.75) is 20.0 Å². The van der Waals surface area contributed by atoms with Crippen LogP contribution in [-0.2, 0) is 9.53 Å². The zero-order chi connectivity index (χ0) is 20.1. The third kappa shape index (κ3) is 5.04. The summed E-state index contributed by atoms with van der Waals surface area (Å²) in [5.74, 6) is -1.30. The lowest BCUT2D eigenvalue weighted by Gasteiger charge is -2.15. The average molecular weight is 371 g/mol. The summed E-state index contributed by atoms with van der Waals surface area (Å²) in [7, 11) is 3.33. The highest BCUT2D eigenvalue weighted by Gasteiger charge is 2.23. The Morgan fingerprint density at radius 2 is 1.78 bits per heavy atom. The molecule has 1 amide bonds. The van der Waals surface area contributed by atoms with Crippen molar-refractivity contribution in [3.05, 3.63) is 63.7 Å². The van der Waals surface area contributed by atoms with Crippen LogP contribution in [0.3, 0.4) is 0 Å². The van der Waals surface area contributed by atoms with Gasteiger partial charge in [0, 0.05) is 25.8 Å². The summed E-state index contributed by atoms with van der Waals surface area (Å²) in [6.07, 6.45) is -1.06. The second kappa shape index (κ2) is 8.31. The third-order valence-electron chi connectivity index (χ3n) is 3.86. The molecule has 0 heterocycles. The monoisotopic (exact) mass is 371 g/mol. The Kier molecular flexibility index (Phi) is 6.12. The molecule has 0 aromatic heterocycles. The molecule has 8 heteroatoms. The highest BCUT2D eigenvalue weighted by molar-refractivity contribution is 5.97. The lowest BCUT2D eigenvalue weighted by atomic mass is 10.1. The fraction of sp³-hybridized carbons (Fsp3) is 0.263. The number of anilines is 2. The Balaban J connectivity index is 2.09. The number of aryl methyl sites for hydroxylation is 1. The summed E-state index contributed by atoms with van der Waals surface area (Å²) >= 11 is 0. The highest BCUT2D eigenvalue weighted by Crippen LogP contribution is 2.28. The van der Waals surface area contributed by atoms with Crippen molar-refractivity contribution in [1.29, 1.82) is 0 Å². The predicted molar refractivity (Wildman–Crippen MR) is 102 cm³/mol. The summed E-state index contributed by atoms with van der Waals surface area (Å²) in [5, 5.41) is 13.9. The van der Waals surface area contributed by atoms with E-state index in [1.54, 1.807) is 31.1 Å². The van der Waals surface area contributed by atoms with Gasteiger partial charge in [-0.1, -0.05) is 17.7 Å². The van der Waals surface area contributed by atoms with E-state index in [0.29, 0.717) is 11.4 Å². The lowest BCUT2D eigenvalue weighted by molar-refractivity contribution is -0.384. The number of hydrogen-bond acceptors (Lipinski definition) is 6. The molecule has 2 rings (SSSR count). The van der Waals surface area contributed by atoms with Crippen molar-refractivity contribution in [3.63, 3.8) is 0 Å². The van der Waals surface area contributed by atoms with Gasteiger partial charge in [0.15, 0.2) is 6.10 Å². The quantitative estimate of drug-likeness (QED) is 0.475. The van der Waals surface area contributed by atoms with E-state index in [9.17, 15) is 19.7 Å². The molecular weight excluding hydrogens is 350 g/mol. The number of nitrogens with one attached hydrogen (secondary N) is 1. The molecule has 1 atom stereocenters. The van der Waals surface area contributed by atoms with Crippen molar-refractivity contribution in [3.8, 4) is 0 Å². The molecule has 1 N–H and O–H groups in total. The predicted octanol–water partition coefficient (Wildman–Crippen LogP) is 3.15. The molecule has 0 bridgehead atoms. The van der Waals surface area contributed by atoms with Crippen molar-refractivity contribution in [2.24, 2.45) is 0 Å². The molecule has 0 saturated heterocycles. The van der Waals surface area contributed by atoms with Gasteiger partial charge in [-0.15, -0.1) is 0 Å². The molecule has 0 aliphatic heterocycles. The number of nitrogens with zero attached hydrogens (tertiary/aromatic N) is 2. The molecule has 2 aromatic rings. The van der Waals surface area contributed by atoms with Crippen molar-refractivity contribution in [1.82, 2.24) is 0 Å². The van der Waals surface area contributed by atoms with Gasteiger partial charge in [0.05, 0.1) is 10.5 Å². The van der Waals surface area contributed by atoms with Gasteiger partial charge in [-0.05, 0) is 38.1 Å². The van der Waals surface area contributed by atoms with Gasteiger partial charge in [0.2, 0.25) is 0 Å². The number of ether oxygens (including phenoxy) is 1. The highest BCUT2D eigenvalue weighted by atomic mass is 16.6. The lowest BCUT2D eigenvalue weighted by Crippen LogP contribution is -2.30. The van der Waals surface area contributed by atoms with Crippen LogP contribution in [0.1, 0.15) is 22.8 Å². The Hall–Kier alpha value is -3.42. The van der Waals surface area contributed by atoms with Gasteiger partial charge in [0.25, 0.3) is 11.6 Å². The van der Waals surface area contributed by atoms with Gasteiger partial charge < -0.3 is 15.0 Å². The summed E-state index contributed by atoms with van der Waals surface area (Å²) in [5.41, 5.74) is 1.78. The normalized spacial score (nSPS) is 11.4. The molecule has 27 heavy (non-hydrogen) atoms. The Labute approximate surface area is 156 Å². The van der Waals surface area contributed by atoms with E-state index in [4.69, 9.17) is 4.74 Å². The first kappa shape index (κ1) is 19.9. The van der Waals surface area contributed by atoms with Crippen molar-refractivity contribution in [2.75, 3.05) is 24.3 Å². The zero-order valence-electron chi connectivity index (χ0n) is 15.6. The summed E-state index contributed by atoms with van der Waals surface area (Å²) in [4.78, 5) is 36.7. The van der Waals surface area contributed by atoms with E-state index in [1.807, 2.05) is 19.1 Å². The van der Waals surface area contributed by atoms with Gasteiger partial charge in [-0.2, -0.15) is 0 Å². The minimum atomic E-state index is -1.06. The van der Waals surface area contributed by atoms with Crippen LogP contribution < -0.4 is 10.2 Å². The van der Waals surface area contributed by atoms with Crippen molar-refractivity contribution >= 4 is 28.9 Å². The van der Waals surface area contributed by atoms with E-state index in [-0.39, 0.29) is 11.3 Å². The number of carbonyl (C=O) groups excluding carboxylic acids is 2. The van der Waals surface area contributed by atoms with Crippen LogP contribution >= 0.6 is 0 Å². The Morgan fingerprint density at radius 3 is 2.33 bits per heavy atom. The number of carbonyl (C=O) groups is 2. The van der Waals surface area contributed by atoms with E-state index in [0.717, 1.165) is 11.6 Å². The van der Waals surface area contributed by atoms with Crippen LogP contribution in [0.2, 0.25) is 0 Å². The van der Waals surface area contributed by atoms with E-state index >= 15 is 0 Å². The number of esters is 1. The largest absolute Gasteiger partial charge is 0.449 e. The molecule has 0 unspecified atom stereocenters. The van der Waals surface area contributed by atoms with Crippen molar-refractivity contribution < 1.29 is 19.2 Å². The van der Waals surface area contributed by atoms with E-state index < -0.39 is 22.9 Å². The van der Waals surface area contributed by atoms with Crippen LogP contribution in [0.25, 0.3) is 0 Å². The minimum absolute atomic E-state index is 0.00212. The average Bonchev–Trinajstić information content (AvgIpc) is 2.62. The molecule has 0 aliphatic rings. The number of nitro groups is 1. The maximum absolute atomic E-state index is 12.3. The number of benzene rings is 2. The SMILES string of the molecule is Cc1ccc(NC(=O)[C@@H](C)OC(=O)c2ccc(N(C)C)c([N+](=O)[O-])c2)cc1. The standard InChI is InChI=1S/C19H21N3O5/c1-12-5-8-15(9-6-12)20-18(23)13(2)27-19(24)14-7-10-16(21(3)4)17(11-14)22(25)26/h5-11,13H,1-4H3,(H,20,23)/t13-/m1/s1. The maximum Gasteiger partial charge on any atom is 0.339 e. The van der Waals surface area contributed by atoms with Crippen LogP contribution in [0.15, 0.2) is 42.5 Å². The first-order valence-corrected chi connectivity index (χ1v) is 8.23. The van der Waals surface area contributed by atoms with Gasteiger partial charge in [-0.25, -0.2) is 4.79 Å². The summed E-state index contributed by atoms with van der Waals surface area (Å²) < 4.78 is 5.14. The van der Waals surface area contributed by atoms with E-state index in [2.05, 4.69) is 5.32 Å². The number of rotatable bonds is 6. The van der Waals surface area contributed by atoms with E-state index in [1.165, 1.54) is 19.1 Å². The number of amides is 1. The molecule has 142 valence electrons. The van der Waals surface area contributed by atoms with Gasteiger partial charge >= 0.3 is 5.97 Å². The third-order valence-corrected chi connectivity index (χ3v) is 3.86. The molecule has 0 aliphatic carbocycles. The molecule has 0 spiro atoms. The minimum Gasteiger partial charge on any atom is -0.449 e. The van der Waals surface area contributed by atoms with Crippen LogP contribution in [0.4, 0.5) is 17.1 Å². The molecule has 0 saturated carbocycles. The first-order chi connectivity index (χ1) is 12.7. The topological polar surface area (TPSA) is 102 Å². The number of hydrogen-bond donors (Lipinski definition) is 1.